The minimum atomic E-state index is -3.82. The molecule has 5 nitrogen and oxygen atoms in total. The number of rotatable bonds is 5. The average molecular weight is 339 g/mol. The SMILES string of the molecule is CCN(c1ccccc1)S(=O)(=O)c1cccc(S(C)(=O)=O)c1. The fourth-order valence-electron chi connectivity index (χ4n) is 2.08. The van der Waals surface area contributed by atoms with E-state index < -0.39 is 19.9 Å². The fraction of sp³-hybridized carbons (Fsp3) is 0.200. The summed E-state index contributed by atoms with van der Waals surface area (Å²) in [4.78, 5) is -0.0567. The lowest BCUT2D eigenvalue weighted by atomic mass is 10.3. The third-order valence-corrected chi connectivity index (χ3v) is 6.16. The Bertz CT molecular complexity index is 859. The minimum absolute atomic E-state index is 0.0160. The van der Waals surface area contributed by atoms with Crippen LogP contribution in [0.15, 0.2) is 64.4 Å². The van der Waals surface area contributed by atoms with Gasteiger partial charge in [-0.3, -0.25) is 4.31 Å². The minimum Gasteiger partial charge on any atom is -0.267 e. The van der Waals surface area contributed by atoms with E-state index in [1.165, 1.54) is 28.6 Å². The van der Waals surface area contributed by atoms with Crippen LogP contribution < -0.4 is 4.31 Å². The van der Waals surface area contributed by atoms with Crippen molar-refractivity contribution in [3.63, 3.8) is 0 Å². The number of benzene rings is 2. The highest BCUT2D eigenvalue weighted by Crippen LogP contribution is 2.24. The van der Waals surface area contributed by atoms with E-state index >= 15 is 0 Å². The molecule has 0 bridgehead atoms. The Kier molecular flexibility index (Phi) is 4.58. The van der Waals surface area contributed by atoms with E-state index in [1.54, 1.807) is 37.3 Å². The summed E-state index contributed by atoms with van der Waals surface area (Å²) in [6.45, 7) is 1.97. The van der Waals surface area contributed by atoms with Gasteiger partial charge in [-0.05, 0) is 37.3 Å². The lowest BCUT2D eigenvalue weighted by Crippen LogP contribution is -2.30. The molecule has 0 amide bonds. The molecule has 22 heavy (non-hydrogen) atoms. The van der Waals surface area contributed by atoms with Crippen LogP contribution in [0.1, 0.15) is 6.92 Å². The monoisotopic (exact) mass is 339 g/mol. The van der Waals surface area contributed by atoms with Crippen LogP contribution >= 0.6 is 0 Å². The number of anilines is 1. The molecule has 0 aromatic heterocycles. The highest BCUT2D eigenvalue weighted by atomic mass is 32.2. The van der Waals surface area contributed by atoms with E-state index in [-0.39, 0.29) is 16.3 Å². The maximum Gasteiger partial charge on any atom is 0.264 e. The van der Waals surface area contributed by atoms with Crippen LogP contribution in [0.2, 0.25) is 0 Å². The highest BCUT2D eigenvalue weighted by molar-refractivity contribution is 7.93. The van der Waals surface area contributed by atoms with E-state index in [2.05, 4.69) is 0 Å². The molecular formula is C15H17NO4S2. The second-order valence-corrected chi connectivity index (χ2v) is 8.63. The highest BCUT2D eigenvalue weighted by Gasteiger charge is 2.24. The molecule has 118 valence electrons. The largest absolute Gasteiger partial charge is 0.267 e. The standard InChI is InChI=1S/C15H17NO4S2/c1-3-16(13-8-5-4-6-9-13)22(19,20)15-11-7-10-14(12-15)21(2,17)18/h4-12H,3H2,1-2H3. The molecule has 0 spiro atoms. The van der Waals surface area contributed by atoms with E-state index in [1.807, 2.05) is 0 Å². The summed E-state index contributed by atoms with van der Waals surface area (Å²) in [6.07, 6.45) is 1.05. The van der Waals surface area contributed by atoms with Gasteiger partial charge < -0.3 is 0 Å². The van der Waals surface area contributed by atoms with E-state index in [9.17, 15) is 16.8 Å². The van der Waals surface area contributed by atoms with Gasteiger partial charge in [0.1, 0.15) is 0 Å². The van der Waals surface area contributed by atoms with Crippen LogP contribution in [0.4, 0.5) is 5.69 Å². The fourth-order valence-corrected chi connectivity index (χ4v) is 4.34. The first-order chi connectivity index (χ1) is 10.3. The smallest absolute Gasteiger partial charge is 0.264 e. The molecule has 0 radical (unpaired) electrons. The molecular weight excluding hydrogens is 322 g/mol. The van der Waals surface area contributed by atoms with Crippen LogP contribution in [0.25, 0.3) is 0 Å². The molecule has 0 heterocycles. The third-order valence-electron chi connectivity index (χ3n) is 3.15. The van der Waals surface area contributed by atoms with Crippen molar-refractivity contribution < 1.29 is 16.8 Å². The average Bonchev–Trinajstić information content (AvgIpc) is 2.48. The van der Waals surface area contributed by atoms with Crippen molar-refractivity contribution in [2.75, 3.05) is 17.1 Å². The van der Waals surface area contributed by atoms with Gasteiger partial charge in [0.25, 0.3) is 10.0 Å². The van der Waals surface area contributed by atoms with Crippen molar-refractivity contribution in [1.29, 1.82) is 0 Å². The Balaban J connectivity index is 2.55. The van der Waals surface area contributed by atoms with Gasteiger partial charge in [-0.25, -0.2) is 16.8 Å². The number of sulfone groups is 1. The second-order valence-electron chi connectivity index (χ2n) is 4.75. The molecule has 0 saturated heterocycles. The predicted octanol–water partition coefficient (Wildman–Crippen LogP) is 2.31. The van der Waals surface area contributed by atoms with Gasteiger partial charge >= 0.3 is 0 Å². The molecule has 2 aromatic rings. The number of sulfonamides is 1. The molecule has 0 saturated carbocycles. The molecule has 0 fully saturated rings. The van der Waals surface area contributed by atoms with Crippen molar-refractivity contribution in [3.05, 3.63) is 54.6 Å². The molecule has 0 unspecified atom stereocenters. The lowest BCUT2D eigenvalue weighted by molar-refractivity contribution is 0.591. The van der Waals surface area contributed by atoms with Crippen LogP contribution in [0, 0.1) is 0 Å². The van der Waals surface area contributed by atoms with Gasteiger partial charge in [-0.1, -0.05) is 24.3 Å². The first-order valence-electron chi connectivity index (χ1n) is 6.64. The zero-order valence-corrected chi connectivity index (χ0v) is 13.9. The van der Waals surface area contributed by atoms with Gasteiger partial charge in [0.05, 0.1) is 15.5 Å². The molecule has 2 rings (SSSR count). The van der Waals surface area contributed by atoms with E-state index in [4.69, 9.17) is 0 Å². The van der Waals surface area contributed by atoms with Crippen molar-refractivity contribution in [3.8, 4) is 0 Å². The summed E-state index contributed by atoms with van der Waals surface area (Å²) in [5, 5.41) is 0. The molecule has 0 aliphatic carbocycles. The summed E-state index contributed by atoms with van der Waals surface area (Å²) in [7, 11) is -7.28. The summed E-state index contributed by atoms with van der Waals surface area (Å²) in [5.74, 6) is 0. The summed E-state index contributed by atoms with van der Waals surface area (Å²) >= 11 is 0. The van der Waals surface area contributed by atoms with Gasteiger partial charge in [0.15, 0.2) is 9.84 Å². The maximum absolute atomic E-state index is 12.8. The van der Waals surface area contributed by atoms with Gasteiger partial charge in [0, 0.05) is 12.8 Å². The first kappa shape index (κ1) is 16.5. The van der Waals surface area contributed by atoms with Gasteiger partial charge in [-0.2, -0.15) is 0 Å². The molecule has 0 atom stereocenters. The Morgan fingerprint density at radius 2 is 1.45 bits per heavy atom. The normalized spacial score (nSPS) is 12.1. The Labute approximate surface area is 131 Å². The predicted molar refractivity (Wildman–Crippen MR) is 86.2 cm³/mol. The summed E-state index contributed by atoms with van der Waals surface area (Å²) < 4.78 is 50.0. The third kappa shape index (κ3) is 3.31. The molecule has 0 aliphatic rings. The summed E-state index contributed by atoms with van der Waals surface area (Å²) in [6, 6.07) is 14.1. The zero-order chi connectivity index (χ0) is 16.4. The quantitative estimate of drug-likeness (QED) is 0.838. The number of hydrogen-bond acceptors (Lipinski definition) is 4. The molecule has 7 heteroatoms. The van der Waals surface area contributed by atoms with E-state index in [0.717, 1.165) is 6.26 Å². The van der Waals surface area contributed by atoms with E-state index in [0.29, 0.717) is 5.69 Å². The van der Waals surface area contributed by atoms with Gasteiger partial charge in [-0.15, -0.1) is 0 Å². The maximum atomic E-state index is 12.8. The molecule has 0 aliphatic heterocycles. The topological polar surface area (TPSA) is 71.5 Å². The Morgan fingerprint density at radius 3 is 2.00 bits per heavy atom. The zero-order valence-electron chi connectivity index (χ0n) is 12.3. The Hall–Kier alpha value is -1.86. The van der Waals surface area contributed by atoms with Crippen LogP contribution in [-0.2, 0) is 19.9 Å². The summed E-state index contributed by atoms with van der Waals surface area (Å²) in [5.41, 5.74) is 0.537. The van der Waals surface area contributed by atoms with Crippen LogP contribution in [0.5, 0.6) is 0 Å². The van der Waals surface area contributed by atoms with Crippen molar-refractivity contribution >= 4 is 25.5 Å². The first-order valence-corrected chi connectivity index (χ1v) is 9.98. The molecule has 2 aromatic carbocycles. The van der Waals surface area contributed by atoms with Crippen molar-refractivity contribution in [1.82, 2.24) is 0 Å². The molecule has 0 N–H and O–H groups in total. The Morgan fingerprint density at radius 1 is 0.864 bits per heavy atom. The number of para-hydroxylation sites is 1. The van der Waals surface area contributed by atoms with Crippen molar-refractivity contribution in [2.45, 2.75) is 16.7 Å². The lowest BCUT2D eigenvalue weighted by Gasteiger charge is -2.23. The number of hydrogen-bond donors (Lipinski definition) is 0. The van der Waals surface area contributed by atoms with Crippen LogP contribution in [0.3, 0.4) is 0 Å². The van der Waals surface area contributed by atoms with Crippen molar-refractivity contribution in [2.24, 2.45) is 0 Å². The number of nitrogens with zero attached hydrogens (tertiary/aromatic N) is 1. The van der Waals surface area contributed by atoms with Gasteiger partial charge in [0.2, 0.25) is 0 Å². The second kappa shape index (κ2) is 6.10. The van der Waals surface area contributed by atoms with Crippen LogP contribution in [-0.4, -0.2) is 29.6 Å².